The van der Waals surface area contributed by atoms with Gasteiger partial charge in [-0.2, -0.15) is 10.5 Å². The number of nitriles is 2. The summed E-state index contributed by atoms with van der Waals surface area (Å²) < 4.78 is 0. The summed E-state index contributed by atoms with van der Waals surface area (Å²) in [7, 11) is 0. The molecule has 0 heterocycles. The standard InChI is InChI=1S/C20H22N2/c1-19(2,3)17-13(11-21)7-10-16-15(17)9-8-14(12-22)18(16)20(4,5)6/h7-10H,1-6H3. The summed E-state index contributed by atoms with van der Waals surface area (Å²) in [4.78, 5) is 0. The lowest BCUT2D eigenvalue weighted by atomic mass is 9.76. The van der Waals surface area contributed by atoms with Gasteiger partial charge < -0.3 is 0 Å². The molecule has 0 aliphatic rings. The van der Waals surface area contributed by atoms with Crippen LogP contribution in [0.15, 0.2) is 24.3 Å². The fourth-order valence-corrected chi connectivity index (χ4v) is 3.21. The molecule has 0 atom stereocenters. The minimum atomic E-state index is -0.131. The molecule has 0 aliphatic carbocycles. The molecule has 0 aromatic heterocycles. The summed E-state index contributed by atoms with van der Waals surface area (Å²) >= 11 is 0. The molecule has 0 radical (unpaired) electrons. The fraction of sp³-hybridized carbons (Fsp3) is 0.400. The van der Waals surface area contributed by atoms with E-state index in [1.807, 2.05) is 24.3 Å². The van der Waals surface area contributed by atoms with Gasteiger partial charge in [-0.05, 0) is 44.9 Å². The van der Waals surface area contributed by atoms with Crippen molar-refractivity contribution < 1.29 is 0 Å². The quantitative estimate of drug-likeness (QED) is 0.671. The highest BCUT2D eigenvalue weighted by Gasteiger charge is 2.26. The van der Waals surface area contributed by atoms with Gasteiger partial charge in [-0.15, -0.1) is 0 Å². The van der Waals surface area contributed by atoms with Crippen LogP contribution in [0.1, 0.15) is 63.8 Å². The Morgan fingerprint density at radius 3 is 1.18 bits per heavy atom. The molecule has 2 nitrogen and oxygen atoms in total. The number of hydrogen-bond acceptors (Lipinski definition) is 2. The SMILES string of the molecule is CC(C)(C)c1c(C#N)ccc2c(C(C)(C)C)c(C#N)ccc12. The van der Waals surface area contributed by atoms with E-state index in [-0.39, 0.29) is 10.8 Å². The van der Waals surface area contributed by atoms with E-state index in [0.29, 0.717) is 11.1 Å². The lowest BCUT2D eigenvalue weighted by Gasteiger charge is -2.27. The molecule has 22 heavy (non-hydrogen) atoms. The maximum absolute atomic E-state index is 9.47. The van der Waals surface area contributed by atoms with Crippen molar-refractivity contribution in [3.8, 4) is 12.1 Å². The van der Waals surface area contributed by atoms with Crippen molar-refractivity contribution in [2.45, 2.75) is 52.4 Å². The number of fused-ring (bicyclic) bond motifs is 1. The average Bonchev–Trinajstić information content (AvgIpc) is 2.42. The second kappa shape index (κ2) is 5.15. The Kier molecular flexibility index (Phi) is 3.76. The van der Waals surface area contributed by atoms with Crippen molar-refractivity contribution >= 4 is 10.8 Å². The topological polar surface area (TPSA) is 47.6 Å². The van der Waals surface area contributed by atoms with Gasteiger partial charge in [-0.25, -0.2) is 0 Å². The van der Waals surface area contributed by atoms with Crippen LogP contribution in [-0.4, -0.2) is 0 Å². The third-order valence-corrected chi connectivity index (χ3v) is 3.94. The van der Waals surface area contributed by atoms with Gasteiger partial charge in [0.15, 0.2) is 0 Å². The first-order chi connectivity index (χ1) is 10.1. The lowest BCUT2D eigenvalue weighted by molar-refractivity contribution is 0.589. The van der Waals surface area contributed by atoms with Crippen molar-refractivity contribution in [2.75, 3.05) is 0 Å². The Hall–Kier alpha value is -2.32. The van der Waals surface area contributed by atoms with E-state index < -0.39 is 0 Å². The Labute approximate surface area is 133 Å². The van der Waals surface area contributed by atoms with E-state index >= 15 is 0 Å². The third-order valence-electron chi connectivity index (χ3n) is 3.94. The Morgan fingerprint density at radius 1 is 0.636 bits per heavy atom. The molecular formula is C20H22N2. The number of benzene rings is 2. The van der Waals surface area contributed by atoms with Crippen molar-refractivity contribution in [1.82, 2.24) is 0 Å². The molecule has 2 rings (SSSR count). The van der Waals surface area contributed by atoms with Gasteiger partial charge in [0.05, 0.1) is 23.3 Å². The van der Waals surface area contributed by atoms with Gasteiger partial charge >= 0.3 is 0 Å². The Balaban J connectivity index is 3.06. The van der Waals surface area contributed by atoms with Crippen LogP contribution in [0.5, 0.6) is 0 Å². The third kappa shape index (κ3) is 2.58. The summed E-state index contributed by atoms with van der Waals surface area (Å²) in [5.74, 6) is 0. The van der Waals surface area contributed by atoms with Crippen LogP contribution in [-0.2, 0) is 10.8 Å². The van der Waals surface area contributed by atoms with E-state index in [1.165, 1.54) is 0 Å². The summed E-state index contributed by atoms with van der Waals surface area (Å²) in [5.41, 5.74) is 3.28. The first-order valence-corrected chi connectivity index (χ1v) is 7.52. The van der Waals surface area contributed by atoms with Crippen molar-refractivity contribution in [3.63, 3.8) is 0 Å². The molecule has 0 spiro atoms. The van der Waals surface area contributed by atoms with Gasteiger partial charge in [0.25, 0.3) is 0 Å². The highest BCUT2D eigenvalue weighted by Crippen LogP contribution is 2.39. The van der Waals surface area contributed by atoms with E-state index in [1.54, 1.807) is 0 Å². The molecule has 0 saturated heterocycles. The minimum Gasteiger partial charge on any atom is -0.192 e. The number of hydrogen-bond donors (Lipinski definition) is 0. The second-order valence-corrected chi connectivity index (χ2v) is 7.79. The molecule has 0 saturated carbocycles. The monoisotopic (exact) mass is 290 g/mol. The molecule has 0 unspecified atom stereocenters. The molecule has 2 aromatic rings. The van der Waals surface area contributed by atoms with Gasteiger partial charge in [-0.1, -0.05) is 53.7 Å². The molecule has 0 fully saturated rings. The molecular weight excluding hydrogens is 268 g/mol. The maximum atomic E-state index is 9.47. The van der Waals surface area contributed by atoms with E-state index in [4.69, 9.17) is 0 Å². The van der Waals surface area contributed by atoms with Crippen LogP contribution in [0.2, 0.25) is 0 Å². The summed E-state index contributed by atoms with van der Waals surface area (Å²) in [6, 6.07) is 12.4. The minimum absolute atomic E-state index is 0.131. The van der Waals surface area contributed by atoms with Crippen LogP contribution >= 0.6 is 0 Å². The molecule has 0 aliphatic heterocycles. The molecule has 112 valence electrons. The highest BCUT2D eigenvalue weighted by molar-refractivity contribution is 5.93. The van der Waals surface area contributed by atoms with Crippen molar-refractivity contribution in [1.29, 1.82) is 10.5 Å². The average molecular weight is 290 g/mol. The normalized spacial score (nSPS) is 12.0. The predicted octanol–water partition coefficient (Wildman–Crippen LogP) is 5.18. The molecule has 2 heteroatoms. The van der Waals surface area contributed by atoms with E-state index in [9.17, 15) is 10.5 Å². The molecule has 0 N–H and O–H groups in total. The van der Waals surface area contributed by atoms with Gasteiger partial charge in [0, 0.05) is 0 Å². The van der Waals surface area contributed by atoms with E-state index in [2.05, 4.69) is 53.7 Å². The summed E-state index contributed by atoms with van der Waals surface area (Å²) in [5, 5.41) is 21.1. The fourth-order valence-electron chi connectivity index (χ4n) is 3.21. The first kappa shape index (κ1) is 16.1. The number of nitrogens with zero attached hydrogens (tertiary/aromatic N) is 2. The molecule has 0 bridgehead atoms. The highest BCUT2D eigenvalue weighted by atomic mass is 14.3. The van der Waals surface area contributed by atoms with E-state index in [0.717, 1.165) is 21.9 Å². The van der Waals surface area contributed by atoms with Crippen LogP contribution < -0.4 is 0 Å². The lowest BCUT2D eigenvalue weighted by Crippen LogP contribution is -2.17. The van der Waals surface area contributed by atoms with Crippen molar-refractivity contribution in [3.05, 3.63) is 46.5 Å². The van der Waals surface area contributed by atoms with Gasteiger partial charge in [0.1, 0.15) is 0 Å². The van der Waals surface area contributed by atoms with Crippen LogP contribution in [0.3, 0.4) is 0 Å². The van der Waals surface area contributed by atoms with Gasteiger partial charge in [0.2, 0.25) is 0 Å². The summed E-state index contributed by atoms with van der Waals surface area (Å²) in [6.45, 7) is 12.7. The van der Waals surface area contributed by atoms with Crippen molar-refractivity contribution in [2.24, 2.45) is 0 Å². The summed E-state index contributed by atoms with van der Waals surface area (Å²) in [6.07, 6.45) is 0. The van der Waals surface area contributed by atoms with Crippen LogP contribution in [0.25, 0.3) is 10.8 Å². The van der Waals surface area contributed by atoms with Gasteiger partial charge in [-0.3, -0.25) is 0 Å². The second-order valence-electron chi connectivity index (χ2n) is 7.79. The molecule has 0 amide bonds. The smallest absolute Gasteiger partial charge is 0.0994 e. The predicted molar refractivity (Wildman–Crippen MR) is 90.8 cm³/mol. The Morgan fingerprint density at radius 2 is 0.955 bits per heavy atom. The number of rotatable bonds is 0. The Bertz CT molecular complexity index is 745. The van der Waals surface area contributed by atoms with Crippen LogP contribution in [0, 0.1) is 22.7 Å². The van der Waals surface area contributed by atoms with Crippen LogP contribution in [0.4, 0.5) is 0 Å². The molecule has 2 aromatic carbocycles. The zero-order valence-electron chi connectivity index (χ0n) is 14.2. The largest absolute Gasteiger partial charge is 0.192 e. The zero-order valence-corrected chi connectivity index (χ0v) is 14.2. The first-order valence-electron chi connectivity index (χ1n) is 7.52. The maximum Gasteiger partial charge on any atom is 0.0994 e. The zero-order chi connectivity index (χ0) is 16.7.